The van der Waals surface area contributed by atoms with Crippen LogP contribution in [0, 0.1) is 11.3 Å². The number of carbonyl (C=O) groups is 2. The molecule has 1 aromatic carbocycles. The highest BCUT2D eigenvalue weighted by atomic mass is 35.5. The number of nitrogens with one attached hydrogen (secondary N) is 1. The zero-order valence-electron chi connectivity index (χ0n) is 15.1. The highest BCUT2D eigenvalue weighted by molar-refractivity contribution is 7.10. The van der Waals surface area contributed by atoms with Gasteiger partial charge in [0.25, 0.3) is 5.91 Å². The van der Waals surface area contributed by atoms with Crippen molar-refractivity contribution in [2.45, 2.75) is 40.0 Å². The maximum atomic E-state index is 12.7. The number of halogens is 1. The SMILES string of the molecule is CC(C)(C)C1CCc2c(C(=O)Nc3ccc(Cl)c(C(=O)O)c3)csc2C1. The van der Waals surface area contributed by atoms with E-state index in [1.807, 2.05) is 5.38 Å². The molecule has 1 aromatic heterocycles. The lowest BCUT2D eigenvalue weighted by Crippen LogP contribution is -2.27. The Hall–Kier alpha value is -1.85. The van der Waals surface area contributed by atoms with Gasteiger partial charge in [-0.3, -0.25) is 4.79 Å². The zero-order valence-corrected chi connectivity index (χ0v) is 16.6. The van der Waals surface area contributed by atoms with Crippen molar-refractivity contribution in [3.8, 4) is 0 Å². The molecule has 0 fully saturated rings. The van der Waals surface area contributed by atoms with Crippen molar-refractivity contribution in [2.75, 3.05) is 5.32 Å². The predicted molar refractivity (Wildman–Crippen MR) is 106 cm³/mol. The Morgan fingerprint density at radius 2 is 2.00 bits per heavy atom. The minimum absolute atomic E-state index is 0.0233. The van der Waals surface area contributed by atoms with Crippen LogP contribution in [0.25, 0.3) is 0 Å². The topological polar surface area (TPSA) is 66.4 Å². The summed E-state index contributed by atoms with van der Waals surface area (Å²) < 4.78 is 0. The molecule has 0 spiro atoms. The van der Waals surface area contributed by atoms with Crippen LogP contribution in [-0.4, -0.2) is 17.0 Å². The molecule has 138 valence electrons. The fourth-order valence-corrected chi connectivity index (χ4v) is 4.77. The smallest absolute Gasteiger partial charge is 0.337 e. The number of carbonyl (C=O) groups excluding carboxylic acids is 1. The summed E-state index contributed by atoms with van der Waals surface area (Å²) in [6.07, 6.45) is 3.00. The van der Waals surface area contributed by atoms with E-state index in [-0.39, 0.29) is 21.9 Å². The summed E-state index contributed by atoms with van der Waals surface area (Å²) in [6.45, 7) is 6.80. The molecule has 1 amide bonds. The Bertz CT molecular complexity index is 866. The lowest BCUT2D eigenvalue weighted by molar-refractivity contribution is 0.0696. The van der Waals surface area contributed by atoms with Crippen LogP contribution in [0.15, 0.2) is 23.6 Å². The van der Waals surface area contributed by atoms with Crippen molar-refractivity contribution >= 4 is 40.5 Å². The van der Waals surface area contributed by atoms with Gasteiger partial charge < -0.3 is 10.4 Å². The Balaban J connectivity index is 1.80. The van der Waals surface area contributed by atoms with Gasteiger partial charge >= 0.3 is 5.97 Å². The van der Waals surface area contributed by atoms with Crippen LogP contribution in [0.1, 0.15) is 58.3 Å². The molecule has 1 aliphatic rings. The first-order valence-electron chi connectivity index (χ1n) is 8.60. The molecule has 3 rings (SSSR count). The van der Waals surface area contributed by atoms with Crippen LogP contribution in [0.5, 0.6) is 0 Å². The lowest BCUT2D eigenvalue weighted by atomic mass is 9.72. The van der Waals surface area contributed by atoms with Gasteiger partial charge in [0, 0.05) is 15.9 Å². The lowest BCUT2D eigenvalue weighted by Gasteiger charge is -2.34. The van der Waals surface area contributed by atoms with Crippen LogP contribution in [0.2, 0.25) is 5.02 Å². The largest absolute Gasteiger partial charge is 0.478 e. The van der Waals surface area contributed by atoms with Crippen molar-refractivity contribution < 1.29 is 14.7 Å². The Morgan fingerprint density at radius 3 is 2.65 bits per heavy atom. The van der Waals surface area contributed by atoms with Crippen molar-refractivity contribution in [3.05, 3.63) is 50.2 Å². The van der Waals surface area contributed by atoms with Gasteiger partial charge in [-0.25, -0.2) is 4.79 Å². The molecule has 1 atom stereocenters. The number of aromatic carboxylic acids is 1. The first kappa shape index (κ1) is 18.9. The minimum atomic E-state index is -1.12. The number of anilines is 1. The Labute approximate surface area is 162 Å². The number of carboxylic acid groups (broad SMARTS) is 1. The van der Waals surface area contributed by atoms with E-state index in [0.717, 1.165) is 24.8 Å². The van der Waals surface area contributed by atoms with Crippen LogP contribution < -0.4 is 5.32 Å². The van der Waals surface area contributed by atoms with Crippen molar-refractivity contribution in [2.24, 2.45) is 11.3 Å². The molecule has 1 heterocycles. The summed E-state index contributed by atoms with van der Waals surface area (Å²) in [5.41, 5.74) is 2.51. The van der Waals surface area contributed by atoms with Crippen LogP contribution in [-0.2, 0) is 12.8 Å². The van der Waals surface area contributed by atoms with Gasteiger partial charge in [-0.1, -0.05) is 32.4 Å². The van der Waals surface area contributed by atoms with E-state index in [9.17, 15) is 9.59 Å². The minimum Gasteiger partial charge on any atom is -0.478 e. The fourth-order valence-electron chi connectivity index (χ4n) is 3.41. The van der Waals surface area contributed by atoms with Gasteiger partial charge in [0.05, 0.1) is 16.1 Å². The number of carboxylic acids is 1. The molecule has 0 aliphatic heterocycles. The van der Waals surface area contributed by atoms with E-state index < -0.39 is 5.97 Å². The molecule has 26 heavy (non-hydrogen) atoms. The fraction of sp³-hybridized carbons (Fsp3) is 0.400. The monoisotopic (exact) mass is 391 g/mol. The first-order chi connectivity index (χ1) is 12.2. The van der Waals surface area contributed by atoms with E-state index in [0.29, 0.717) is 17.2 Å². The van der Waals surface area contributed by atoms with E-state index in [2.05, 4.69) is 26.1 Å². The number of amides is 1. The second kappa shape index (κ2) is 7.05. The standard InChI is InChI=1S/C20H22ClNO3S/c1-20(2,3)11-4-6-13-15(10-26-17(13)8-11)18(23)22-12-5-7-16(21)14(9-12)19(24)25/h5,7,9-11H,4,6,8H2,1-3H3,(H,22,23)(H,24,25). The molecule has 1 unspecified atom stereocenters. The van der Waals surface area contributed by atoms with Crippen LogP contribution >= 0.6 is 22.9 Å². The molecule has 0 radical (unpaired) electrons. The predicted octanol–water partition coefficient (Wildman–Crippen LogP) is 5.50. The van der Waals surface area contributed by atoms with Gasteiger partial charge in [0.15, 0.2) is 0 Å². The average Bonchev–Trinajstić information content (AvgIpc) is 2.98. The molecular weight excluding hydrogens is 370 g/mol. The number of thiophene rings is 1. The van der Waals surface area contributed by atoms with Gasteiger partial charge in [-0.2, -0.15) is 0 Å². The number of hydrogen-bond acceptors (Lipinski definition) is 3. The molecule has 0 bridgehead atoms. The van der Waals surface area contributed by atoms with Crippen molar-refractivity contribution in [1.29, 1.82) is 0 Å². The van der Waals surface area contributed by atoms with E-state index in [4.69, 9.17) is 16.7 Å². The average molecular weight is 392 g/mol. The summed E-state index contributed by atoms with van der Waals surface area (Å²) >= 11 is 7.53. The highest BCUT2D eigenvalue weighted by Crippen LogP contribution is 2.40. The molecule has 2 N–H and O–H groups in total. The number of rotatable bonds is 3. The van der Waals surface area contributed by atoms with Crippen LogP contribution in [0.4, 0.5) is 5.69 Å². The van der Waals surface area contributed by atoms with Crippen molar-refractivity contribution in [3.63, 3.8) is 0 Å². The third-order valence-corrected chi connectivity index (χ3v) is 6.46. The molecule has 0 saturated carbocycles. The van der Waals surface area contributed by atoms with Crippen molar-refractivity contribution in [1.82, 2.24) is 0 Å². The normalized spacial score (nSPS) is 16.8. The van der Waals surface area contributed by atoms with Gasteiger partial charge in [-0.15, -0.1) is 11.3 Å². The highest BCUT2D eigenvalue weighted by Gasteiger charge is 2.31. The molecular formula is C20H22ClNO3S. The number of fused-ring (bicyclic) bond motifs is 1. The molecule has 2 aromatic rings. The third kappa shape index (κ3) is 3.79. The summed E-state index contributed by atoms with van der Waals surface area (Å²) in [5.74, 6) is -0.693. The maximum Gasteiger partial charge on any atom is 0.337 e. The number of hydrogen-bond donors (Lipinski definition) is 2. The molecule has 1 aliphatic carbocycles. The number of benzene rings is 1. The van der Waals surface area contributed by atoms with Gasteiger partial charge in [0.1, 0.15) is 0 Å². The second-order valence-corrected chi connectivity index (χ2v) is 9.18. The summed E-state index contributed by atoms with van der Waals surface area (Å²) in [4.78, 5) is 25.2. The maximum absolute atomic E-state index is 12.7. The first-order valence-corrected chi connectivity index (χ1v) is 9.86. The Kier molecular flexibility index (Phi) is 5.13. The summed E-state index contributed by atoms with van der Waals surface area (Å²) in [6, 6.07) is 4.48. The molecule has 0 saturated heterocycles. The van der Waals surface area contributed by atoms with Gasteiger partial charge in [-0.05, 0) is 54.4 Å². The third-order valence-electron chi connectivity index (χ3n) is 5.08. The zero-order chi connectivity index (χ0) is 19.1. The van der Waals surface area contributed by atoms with Gasteiger partial charge in [0.2, 0.25) is 0 Å². The summed E-state index contributed by atoms with van der Waals surface area (Å²) in [7, 11) is 0. The van der Waals surface area contributed by atoms with E-state index >= 15 is 0 Å². The summed E-state index contributed by atoms with van der Waals surface area (Å²) in [5, 5.41) is 14.0. The molecule has 6 heteroatoms. The quantitative estimate of drug-likeness (QED) is 0.725. The van der Waals surface area contributed by atoms with E-state index in [1.165, 1.54) is 17.0 Å². The second-order valence-electron chi connectivity index (χ2n) is 7.81. The molecule has 4 nitrogen and oxygen atoms in total. The van der Waals surface area contributed by atoms with E-state index in [1.54, 1.807) is 17.4 Å². The Morgan fingerprint density at radius 1 is 1.27 bits per heavy atom. The van der Waals surface area contributed by atoms with Crippen LogP contribution in [0.3, 0.4) is 0 Å².